The van der Waals surface area contributed by atoms with Crippen LogP contribution in [-0.2, 0) is 9.59 Å². The Morgan fingerprint density at radius 1 is 1.07 bits per heavy atom. The first-order valence-corrected chi connectivity index (χ1v) is 10.5. The first kappa shape index (κ1) is 19.9. The number of ether oxygens (including phenoxy) is 1. The highest BCUT2D eigenvalue weighted by atomic mass is 16.5. The molecule has 1 aromatic carbocycles. The number of Topliss-reactive ketones (excluding diaryl/α,β-unsaturated/α-hetero) is 1. The summed E-state index contributed by atoms with van der Waals surface area (Å²) in [7, 11) is 1.65. The highest BCUT2D eigenvalue weighted by Gasteiger charge is 2.59. The topological polar surface area (TPSA) is 43.4 Å². The van der Waals surface area contributed by atoms with E-state index in [1.54, 1.807) is 19.3 Å². The standard InChI is InChI=1S/C26H30O3/c1-24(2)12-5-13-25(3)21(24)17-23(28)26(15-11-19(27)16-22(25)26)14-10-18-6-8-20(29-4)9-7-18/h6-11,14-16,21H,5,12-13,17H2,1-4H3/b14-10+/t21-,25-,26+/m1/s1. The number of ketones is 2. The lowest BCUT2D eigenvalue weighted by Crippen LogP contribution is -2.54. The van der Waals surface area contributed by atoms with Crippen LogP contribution in [0.4, 0.5) is 0 Å². The van der Waals surface area contributed by atoms with E-state index >= 15 is 0 Å². The highest BCUT2D eigenvalue weighted by molar-refractivity contribution is 6.06. The third kappa shape index (κ3) is 3.11. The van der Waals surface area contributed by atoms with E-state index in [4.69, 9.17) is 4.74 Å². The zero-order valence-electron chi connectivity index (χ0n) is 17.8. The van der Waals surface area contributed by atoms with Gasteiger partial charge in [-0.05, 0) is 65.0 Å². The highest BCUT2D eigenvalue weighted by Crippen LogP contribution is 2.64. The molecule has 0 bridgehead atoms. The normalized spacial score (nSPS) is 33.2. The van der Waals surface area contributed by atoms with Gasteiger partial charge in [0.1, 0.15) is 5.75 Å². The van der Waals surface area contributed by atoms with Gasteiger partial charge in [-0.1, -0.05) is 57.6 Å². The van der Waals surface area contributed by atoms with Gasteiger partial charge in [-0.25, -0.2) is 0 Å². The lowest BCUT2D eigenvalue weighted by Gasteiger charge is -2.58. The first-order chi connectivity index (χ1) is 13.7. The smallest absolute Gasteiger partial charge is 0.178 e. The average Bonchev–Trinajstić information content (AvgIpc) is 2.69. The molecule has 0 heterocycles. The number of hydrogen-bond donors (Lipinski definition) is 0. The molecule has 4 rings (SSSR count). The van der Waals surface area contributed by atoms with Crippen LogP contribution in [-0.4, -0.2) is 18.7 Å². The molecular formula is C26H30O3. The van der Waals surface area contributed by atoms with E-state index < -0.39 is 5.41 Å². The summed E-state index contributed by atoms with van der Waals surface area (Å²) < 4.78 is 5.23. The summed E-state index contributed by atoms with van der Waals surface area (Å²) in [6, 6.07) is 7.79. The predicted molar refractivity (Wildman–Crippen MR) is 116 cm³/mol. The van der Waals surface area contributed by atoms with E-state index in [0.717, 1.165) is 36.1 Å². The minimum Gasteiger partial charge on any atom is -0.497 e. The monoisotopic (exact) mass is 390 g/mol. The Bertz CT molecular complexity index is 931. The zero-order valence-corrected chi connectivity index (χ0v) is 17.8. The molecule has 0 unspecified atom stereocenters. The van der Waals surface area contributed by atoms with Gasteiger partial charge in [0.15, 0.2) is 11.6 Å². The molecule has 1 aromatic rings. The van der Waals surface area contributed by atoms with E-state index in [1.165, 1.54) is 0 Å². The van der Waals surface area contributed by atoms with Gasteiger partial charge in [-0.15, -0.1) is 0 Å². The maximum absolute atomic E-state index is 13.6. The van der Waals surface area contributed by atoms with Crippen molar-refractivity contribution in [1.82, 2.24) is 0 Å². The van der Waals surface area contributed by atoms with Crippen LogP contribution >= 0.6 is 0 Å². The summed E-state index contributed by atoms with van der Waals surface area (Å²) in [6.45, 7) is 6.84. The summed E-state index contributed by atoms with van der Waals surface area (Å²) in [5.74, 6) is 1.27. The fourth-order valence-electron chi connectivity index (χ4n) is 5.97. The molecule has 0 N–H and O–H groups in total. The largest absolute Gasteiger partial charge is 0.497 e. The summed E-state index contributed by atoms with van der Waals surface area (Å²) in [5, 5.41) is 0. The molecule has 2 fully saturated rings. The first-order valence-electron chi connectivity index (χ1n) is 10.5. The van der Waals surface area contributed by atoms with Crippen LogP contribution in [0.3, 0.4) is 0 Å². The maximum atomic E-state index is 13.6. The number of rotatable bonds is 3. The third-order valence-electron chi connectivity index (χ3n) is 7.59. The van der Waals surface area contributed by atoms with Gasteiger partial charge in [0.05, 0.1) is 12.5 Å². The second kappa shape index (κ2) is 6.83. The lowest BCUT2D eigenvalue weighted by molar-refractivity contribution is -0.133. The fourth-order valence-corrected chi connectivity index (χ4v) is 5.97. The van der Waals surface area contributed by atoms with E-state index in [1.807, 2.05) is 42.5 Å². The summed E-state index contributed by atoms with van der Waals surface area (Å²) in [4.78, 5) is 26.0. The Hall–Kier alpha value is -2.42. The minimum atomic E-state index is -0.813. The van der Waals surface area contributed by atoms with Crippen LogP contribution in [0.15, 0.2) is 54.1 Å². The average molecular weight is 391 g/mol. The molecule has 0 aliphatic heterocycles. The Balaban J connectivity index is 1.79. The molecule has 152 valence electrons. The lowest BCUT2D eigenvalue weighted by atomic mass is 9.44. The number of benzene rings is 1. The van der Waals surface area contributed by atoms with Crippen molar-refractivity contribution in [1.29, 1.82) is 0 Å². The van der Waals surface area contributed by atoms with Crippen LogP contribution in [0.1, 0.15) is 52.0 Å². The van der Waals surface area contributed by atoms with Crippen molar-refractivity contribution < 1.29 is 14.3 Å². The maximum Gasteiger partial charge on any atom is 0.178 e. The van der Waals surface area contributed by atoms with Gasteiger partial charge in [0, 0.05) is 6.42 Å². The van der Waals surface area contributed by atoms with Gasteiger partial charge in [0.2, 0.25) is 0 Å². The molecule has 3 aliphatic rings. The van der Waals surface area contributed by atoms with Crippen LogP contribution in [0.5, 0.6) is 5.75 Å². The number of allylic oxidation sites excluding steroid dienone is 5. The molecule has 3 nitrogen and oxygen atoms in total. The SMILES string of the molecule is COc1ccc(/C=C/[C@]23C=CC(=O)C=C2[C@]2(C)CCCC(C)(C)[C@H]2CC3=O)cc1. The quantitative estimate of drug-likeness (QED) is 0.678. The molecule has 2 saturated carbocycles. The number of carbonyl (C=O) groups excluding carboxylic acids is 2. The summed E-state index contributed by atoms with van der Waals surface area (Å²) in [6.07, 6.45) is 13.0. The molecule has 3 heteroatoms. The molecule has 3 aliphatic carbocycles. The van der Waals surface area contributed by atoms with Crippen LogP contribution in [0.25, 0.3) is 6.08 Å². The van der Waals surface area contributed by atoms with Gasteiger partial charge >= 0.3 is 0 Å². The third-order valence-corrected chi connectivity index (χ3v) is 7.59. The molecule has 0 amide bonds. The van der Waals surface area contributed by atoms with E-state index in [0.29, 0.717) is 6.42 Å². The number of hydrogen-bond acceptors (Lipinski definition) is 3. The fraction of sp³-hybridized carbons (Fsp3) is 0.462. The molecular weight excluding hydrogens is 360 g/mol. The van der Waals surface area contributed by atoms with Crippen LogP contribution < -0.4 is 4.74 Å². The van der Waals surface area contributed by atoms with Crippen molar-refractivity contribution in [3.63, 3.8) is 0 Å². The van der Waals surface area contributed by atoms with Gasteiger partial charge < -0.3 is 4.74 Å². The summed E-state index contributed by atoms with van der Waals surface area (Å²) >= 11 is 0. The Morgan fingerprint density at radius 2 is 1.79 bits per heavy atom. The van der Waals surface area contributed by atoms with Crippen molar-refractivity contribution in [2.75, 3.05) is 7.11 Å². The Morgan fingerprint density at radius 3 is 2.48 bits per heavy atom. The van der Waals surface area contributed by atoms with Crippen LogP contribution in [0, 0.1) is 22.2 Å². The van der Waals surface area contributed by atoms with Crippen LogP contribution in [0.2, 0.25) is 0 Å². The summed E-state index contributed by atoms with van der Waals surface area (Å²) in [5.41, 5.74) is 1.15. The van der Waals surface area contributed by atoms with Gasteiger partial charge in [-0.3, -0.25) is 9.59 Å². The molecule has 0 spiro atoms. The van der Waals surface area contributed by atoms with Crippen molar-refractivity contribution in [2.45, 2.75) is 46.5 Å². The zero-order chi connectivity index (χ0) is 20.9. The molecule has 0 radical (unpaired) electrons. The van der Waals surface area contributed by atoms with Gasteiger partial charge in [0.25, 0.3) is 0 Å². The molecule has 0 saturated heterocycles. The second-order valence-electron chi connectivity index (χ2n) is 9.71. The number of carbonyl (C=O) groups is 2. The van der Waals surface area contributed by atoms with E-state index in [2.05, 4.69) is 20.8 Å². The number of fused-ring (bicyclic) bond motifs is 3. The predicted octanol–water partition coefficient (Wildman–Crippen LogP) is 5.57. The minimum absolute atomic E-state index is 0.00785. The van der Waals surface area contributed by atoms with Crippen molar-refractivity contribution in [3.8, 4) is 5.75 Å². The Kier molecular flexibility index (Phi) is 4.68. The van der Waals surface area contributed by atoms with E-state index in [-0.39, 0.29) is 28.3 Å². The second-order valence-corrected chi connectivity index (χ2v) is 9.71. The Labute approximate surface area is 173 Å². The molecule has 3 atom stereocenters. The van der Waals surface area contributed by atoms with Crippen molar-refractivity contribution in [2.24, 2.45) is 22.2 Å². The number of methoxy groups -OCH3 is 1. The van der Waals surface area contributed by atoms with E-state index in [9.17, 15) is 9.59 Å². The molecule has 29 heavy (non-hydrogen) atoms. The van der Waals surface area contributed by atoms with Crippen molar-refractivity contribution in [3.05, 3.63) is 59.7 Å². The van der Waals surface area contributed by atoms with Crippen molar-refractivity contribution >= 4 is 17.6 Å². The van der Waals surface area contributed by atoms with Gasteiger partial charge in [-0.2, -0.15) is 0 Å². The molecule has 0 aromatic heterocycles.